The molecule has 0 aromatic heterocycles. The second kappa shape index (κ2) is 4.54. The second-order valence-corrected chi connectivity index (χ2v) is 7.64. The molecule has 0 saturated heterocycles. The van der Waals surface area contributed by atoms with Crippen LogP contribution in [-0.4, -0.2) is 12.5 Å². The van der Waals surface area contributed by atoms with Gasteiger partial charge in [-0.15, -0.1) is 0 Å². The van der Waals surface area contributed by atoms with E-state index in [1.165, 1.54) is 38.5 Å². The van der Waals surface area contributed by atoms with Crippen LogP contribution in [-0.2, 0) is 4.79 Å². The Balaban J connectivity index is 1.62. The van der Waals surface area contributed by atoms with Crippen molar-refractivity contribution in [3.63, 3.8) is 0 Å². The summed E-state index contributed by atoms with van der Waals surface area (Å²) in [7, 11) is 0. The SMILES string of the molecule is CC(C)CCNC(=O)C12CC3CC(CC(C3)C1)C2. The molecular formula is C16H27NO. The van der Waals surface area contributed by atoms with Crippen LogP contribution >= 0.6 is 0 Å². The van der Waals surface area contributed by atoms with Crippen LogP contribution in [0, 0.1) is 29.1 Å². The van der Waals surface area contributed by atoms with E-state index in [1.54, 1.807) is 0 Å². The molecule has 0 radical (unpaired) electrons. The van der Waals surface area contributed by atoms with E-state index in [1.807, 2.05) is 0 Å². The molecule has 1 amide bonds. The molecule has 0 unspecified atom stereocenters. The van der Waals surface area contributed by atoms with Gasteiger partial charge in [0.2, 0.25) is 5.91 Å². The zero-order valence-corrected chi connectivity index (χ0v) is 11.9. The van der Waals surface area contributed by atoms with Gasteiger partial charge in [0, 0.05) is 12.0 Å². The summed E-state index contributed by atoms with van der Waals surface area (Å²) in [6.07, 6.45) is 8.92. The first-order valence-corrected chi connectivity index (χ1v) is 7.86. The molecule has 2 nitrogen and oxygen atoms in total. The molecule has 0 heterocycles. The molecule has 4 fully saturated rings. The van der Waals surface area contributed by atoms with Gasteiger partial charge in [0.15, 0.2) is 0 Å². The highest BCUT2D eigenvalue weighted by Gasteiger charge is 2.54. The van der Waals surface area contributed by atoms with Crippen molar-refractivity contribution in [2.75, 3.05) is 6.54 Å². The lowest BCUT2D eigenvalue weighted by molar-refractivity contribution is -0.146. The van der Waals surface area contributed by atoms with Gasteiger partial charge < -0.3 is 5.32 Å². The van der Waals surface area contributed by atoms with Gasteiger partial charge >= 0.3 is 0 Å². The van der Waals surface area contributed by atoms with E-state index in [0.717, 1.165) is 30.7 Å². The van der Waals surface area contributed by atoms with Crippen LogP contribution in [0.2, 0.25) is 0 Å². The van der Waals surface area contributed by atoms with Gasteiger partial charge in [0.1, 0.15) is 0 Å². The van der Waals surface area contributed by atoms with Crippen molar-refractivity contribution in [1.82, 2.24) is 5.32 Å². The summed E-state index contributed by atoms with van der Waals surface area (Å²) >= 11 is 0. The Morgan fingerprint density at radius 1 is 1.11 bits per heavy atom. The van der Waals surface area contributed by atoms with Crippen LogP contribution in [0.15, 0.2) is 0 Å². The summed E-state index contributed by atoms with van der Waals surface area (Å²) in [5.74, 6) is 3.68. The molecule has 4 rings (SSSR count). The number of rotatable bonds is 4. The van der Waals surface area contributed by atoms with E-state index in [4.69, 9.17) is 0 Å². The Morgan fingerprint density at radius 3 is 2.06 bits per heavy atom. The molecule has 0 aromatic carbocycles. The minimum atomic E-state index is 0.0474. The van der Waals surface area contributed by atoms with Gasteiger partial charge in [-0.2, -0.15) is 0 Å². The summed E-state index contributed by atoms with van der Waals surface area (Å²) < 4.78 is 0. The summed E-state index contributed by atoms with van der Waals surface area (Å²) in [5.41, 5.74) is 0.0474. The Labute approximate surface area is 111 Å². The zero-order valence-electron chi connectivity index (χ0n) is 11.9. The monoisotopic (exact) mass is 249 g/mol. The Hall–Kier alpha value is -0.530. The van der Waals surface area contributed by atoms with E-state index in [9.17, 15) is 4.79 Å². The fraction of sp³-hybridized carbons (Fsp3) is 0.938. The fourth-order valence-electron chi connectivity index (χ4n) is 5.05. The molecule has 1 N–H and O–H groups in total. The number of hydrogen-bond acceptors (Lipinski definition) is 1. The molecule has 0 atom stereocenters. The minimum absolute atomic E-state index is 0.0474. The van der Waals surface area contributed by atoms with Gasteiger partial charge in [-0.1, -0.05) is 13.8 Å². The summed E-state index contributed by atoms with van der Waals surface area (Å²) in [4.78, 5) is 12.6. The molecule has 18 heavy (non-hydrogen) atoms. The van der Waals surface area contributed by atoms with Gasteiger partial charge in [-0.25, -0.2) is 0 Å². The van der Waals surface area contributed by atoms with Crippen LogP contribution in [0.5, 0.6) is 0 Å². The first-order chi connectivity index (χ1) is 8.57. The van der Waals surface area contributed by atoms with E-state index in [0.29, 0.717) is 11.8 Å². The third kappa shape index (κ3) is 2.19. The normalized spacial score (nSPS) is 41.4. The standard InChI is InChI=1S/C16H27NO/c1-11(2)3-4-17-15(18)16-8-12-5-13(9-16)7-14(6-12)10-16/h11-14H,3-10H2,1-2H3,(H,17,18). The smallest absolute Gasteiger partial charge is 0.226 e. The Bertz CT molecular complexity index is 299. The predicted molar refractivity (Wildman–Crippen MR) is 73.1 cm³/mol. The average Bonchev–Trinajstić information content (AvgIpc) is 2.26. The molecule has 0 aliphatic heterocycles. The van der Waals surface area contributed by atoms with Gasteiger partial charge in [0.25, 0.3) is 0 Å². The van der Waals surface area contributed by atoms with Crippen LogP contribution in [0.3, 0.4) is 0 Å². The maximum atomic E-state index is 12.6. The molecule has 102 valence electrons. The van der Waals surface area contributed by atoms with Crippen LogP contribution in [0.4, 0.5) is 0 Å². The maximum Gasteiger partial charge on any atom is 0.226 e. The molecule has 4 aliphatic carbocycles. The minimum Gasteiger partial charge on any atom is -0.356 e. The van der Waals surface area contributed by atoms with Crippen molar-refractivity contribution < 1.29 is 4.79 Å². The number of nitrogens with one attached hydrogen (secondary N) is 1. The average molecular weight is 249 g/mol. The van der Waals surface area contributed by atoms with E-state index >= 15 is 0 Å². The van der Waals surface area contributed by atoms with Crippen LogP contribution in [0.25, 0.3) is 0 Å². The lowest BCUT2D eigenvalue weighted by atomic mass is 9.49. The highest BCUT2D eigenvalue weighted by molar-refractivity contribution is 5.83. The fourth-order valence-corrected chi connectivity index (χ4v) is 5.05. The largest absolute Gasteiger partial charge is 0.356 e. The van der Waals surface area contributed by atoms with E-state index in [-0.39, 0.29) is 5.41 Å². The molecule has 4 aliphatic rings. The number of hydrogen-bond donors (Lipinski definition) is 1. The molecule has 4 bridgehead atoms. The third-order valence-corrected chi connectivity index (χ3v) is 5.53. The quantitative estimate of drug-likeness (QED) is 0.813. The number of amides is 1. The number of carbonyl (C=O) groups is 1. The topological polar surface area (TPSA) is 29.1 Å². The maximum absolute atomic E-state index is 12.6. The third-order valence-electron chi connectivity index (χ3n) is 5.53. The van der Waals surface area contributed by atoms with Gasteiger partial charge in [-0.3, -0.25) is 4.79 Å². The zero-order chi connectivity index (χ0) is 12.8. The highest BCUT2D eigenvalue weighted by Crippen LogP contribution is 2.60. The van der Waals surface area contributed by atoms with Crippen LogP contribution in [0.1, 0.15) is 58.8 Å². The highest BCUT2D eigenvalue weighted by atomic mass is 16.2. The lowest BCUT2D eigenvalue weighted by Gasteiger charge is -2.55. The Kier molecular flexibility index (Phi) is 3.15. The predicted octanol–water partition coefficient (Wildman–Crippen LogP) is 3.37. The van der Waals surface area contributed by atoms with Crippen molar-refractivity contribution in [2.24, 2.45) is 29.1 Å². The summed E-state index contributed by atoms with van der Waals surface area (Å²) in [5, 5.41) is 3.23. The first-order valence-electron chi connectivity index (χ1n) is 7.86. The van der Waals surface area contributed by atoms with Gasteiger partial charge in [0.05, 0.1) is 0 Å². The summed E-state index contributed by atoms with van der Waals surface area (Å²) in [6, 6.07) is 0. The van der Waals surface area contributed by atoms with Crippen molar-refractivity contribution in [1.29, 1.82) is 0 Å². The summed E-state index contributed by atoms with van der Waals surface area (Å²) in [6.45, 7) is 5.31. The van der Waals surface area contributed by atoms with E-state index in [2.05, 4.69) is 19.2 Å². The lowest BCUT2D eigenvalue weighted by Crippen LogP contribution is -2.53. The molecule has 0 spiro atoms. The van der Waals surface area contributed by atoms with E-state index < -0.39 is 0 Å². The van der Waals surface area contributed by atoms with Crippen molar-refractivity contribution in [2.45, 2.75) is 58.8 Å². The molecular weight excluding hydrogens is 222 g/mol. The number of carbonyl (C=O) groups excluding carboxylic acids is 1. The second-order valence-electron chi connectivity index (χ2n) is 7.64. The molecule has 4 saturated carbocycles. The van der Waals surface area contributed by atoms with Crippen molar-refractivity contribution in [3.05, 3.63) is 0 Å². The van der Waals surface area contributed by atoms with Crippen molar-refractivity contribution in [3.8, 4) is 0 Å². The molecule has 2 heteroatoms. The van der Waals surface area contributed by atoms with Crippen LogP contribution < -0.4 is 5.32 Å². The van der Waals surface area contributed by atoms with Gasteiger partial charge in [-0.05, 0) is 68.6 Å². The Morgan fingerprint density at radius 2 is 1.61 bits per heavy atom. The molecule has 0 aromatic rings. The van der Waals surface area contributed by atoms with Crippen molar-refractivity contribution >= 4 is 5.91 Å². The first kappa shape index (κ1) is 12.5.